The third-order valence-electron chi connectivity index (χ3n) is 4.78. The highest BCUT2D eigenvalue weighted by Gasteiger charge is 2.17. The molecule has 2 aromatic carbocycles. The van der Waals surface area contributed by atoms with Gasteiger partial charge in [0.1, 0.15) is 5.65 Å². The molecule has 0 bridgehead atoms. The second-order valence-electron chi connectivity index (χ2n) is 6.84. The van der Waals surface area contributed by atoms with Gasteiger partial charge >= 0.3 is 0 Å². The largest absolute Gasteiger partial charge is 0.307 e. The molecule has 0 unspecified atom stereocenters. The van der Waals surface area contributed by atoms with Gasteiger partial charge in [-0.05, 0) is 29.8 Å². The molecule has 30 heavy (non-hydrogen) atoms. The van der Waals surface area contributed by atoms with Crippen molar-refractivity contribution in [3.63, 3.8) is 0 Å². The molecule has 5 nitrogen and oxygen atoms in total. The zero-order chi connectivity index (χ0) is 20.3. The van der Waals surface area contributed by atoms with Gasteiger partial charge in [0.2, 0.25) is 0 Å². The molecule has 0 aliphatic rings. The van der Waals surface area contributed by atoms with Crippen LogP contribution in [0, 0.1) is 0 Å². The molecule has 0 saturated carbocycles. The fraction of sp³-hybridized carbons (Fsp3) is 0.0870. The van der Waals surface area contributed by atoms with Crippen molar-refractivity contribution in [2.24, 2.45) is 0 Å². The van der Waals surface area contributed by atoms with Gasteiger partial charge in [0, 0.05) is 23.7 Å². The monoisotopic (exact) mass is 431 g/mol. The summed E-state index contributed by atoms with van der Waals surface area (Å²) in [7, 11) is 0. The number of hydrogen-bond acceptors (Lipinski definition) is 4. The van der Waals surface area contributed by atoms with Gasteiger partial charge in [-0.1, -0.05) is 71.9 Å². The predicted molar refractivity (Wildman–Crippen MR) is 121 cm³/mol. The molecule has 5 rings (SSSR count). The lowest BCUT2D eigenvalue weighted by molar-refractivity contribution is 0.714. The normalized spacial score (nSPS) is 11.2. The third kappa shape index (κ3) is 3.84. The number of thioether (sulfide) groups is 1. The van der Waals surface area contributed by atoms with Crippen LogP contribution in [0.1, 0.15) is 11.3 Å². The van der Waals surface area contributed by atoms with Crippen LogP contribution in [-0.4, -0.2) is 24.1 Å². The van der Waals surface area contributed by atoms with Crippen molar-refractivity contribution in [1.82, 2.24) is 24.1 Å². The van der Waals surface area contributed by atoms with E-state index in [1.165, 1.54) is 5.56 Å². The summed E-state index contributed by atoms with van der Waals surface area (Å²) in [5.74, 6) is 1.47. The standard InChI is InChI=1S/C23H18ClN5S/c24-20-11-5-4-10-19(20)22-26-27-23(29(22)14-17-8-2-1-3-9-17)30-16-18-15-28-13-7-6-12-21(28)25-18/h1-13,15H,14,16H2. The van der Waals surface area contributed by atoms with Gasteiger partial charge in [0.25, 0.3) is 0 Å². The van der Waals surface area contributed by atoms with E-state index in [1.54, 1.807) is 11.8 Å². The molecule has 3 heterocycles. The number of imidazole rings is 1. The van der Waals surface area contributed by atoms with E-state index in [2.05, 4.69) is 38.1 Å². The molecule has 0 radical (unpaired) electrons. The van der Waals surface area contributed by atoms with Crippen LogP contribution in [0.2, 0.25) is 5.02 Å². The summed E-state index contributed by atoms with van der Waals surface area (Å²) in [5.41, 5.74) is 4.00. The second kappa shape index (κ2) is 8.34. The first-order chi connectivity index (χ1) is 14.8. The molecule has 0 fully saturated rings. The number of aromatic nitrogens is 5. The minimum atomic E-state index is 0.663. The van der Waals surface area contributed by atoms with Gasteiger partial charge in [-0.3, -0.25) is 4.57 Å². The summed E-state index contributed by atoms with van der Waals surface area (Å²) in [5, 5.41) is 10.5. The lowest BCUT2D eigenvalue weighted by atomic mass is 10.2. The van der Waals surface area contributed by atoms with Gasteiger partial charge in [0.15, 0.2) is 11.0 Å². The Morgan fingerprint density at radius 2 is 1.67 bits per heavy atom. The summed E-state index contributed by atoms with van der Waals surface area (Å²) in [4.78, 5) is 4.68. The number of nitrogens with zero attached hydrogens (tertiary/aromatic N) is 5. The molecule has 148 valence electrons. The first-order valence-electron chi connectivity index (χ1n) is 9.55. The van der Waals surface area contributed by atoms with Crippen LogP contribution in [0.3, 0.4) is 0 Å². The molecule has 0 atom stereocenters. The van der Waals surface area contributed by atoms with E-state index in [0.717, 1.165) is 27.9 Å². The first kappa shape index (κ1) is 18.9. The maximum Gasteiger partial charge on any atom is 0.192 e. The van der Waals surface area contributed by atoms with Crippen molar-refractivity contribution < 1.29 is 0 Å². The Hall–Kier alpha value is -3.09. The van der Waals surface area contributed by atoms with E-state index < -0.39 is 0 Å². The quantitative estimate of drug-likeness (QED) is 0.329. The fourth-order valence-electron chi connectivity index (χ4n) is 3.34. The number of fused-ring (bicyclic) bond motifs is 1. The maximum absolute atomic E-state index is 6.46. The Morgan fingerprint density at radius 3 is 2.50 bits per heavy atom. The van der Waals surface area contributed by atoms with Crippen LogP contribution >= 0.6 is 23.4 Å². The molecule has 0 aliphatic carbocycles. The van der Waals surface area contributed by atoms with Crippen molar-refractivity contribution in [1.29, 1.82) is 0 Å². The molecular formula is C23H18ClN5S. The summed E-state index contributed by atoms with van der Waals surface area (Å²) >= 11 is 8.09. The SMILES string of the molecule is Clc1ccccc1-c1nnc(SCc2cn3ccccc3n2)n1Cc1ccccc1. The van der Waals surface area contributed by atoms with E-state index in [0.29, 0.717) is 17.3 Å². The average molecular weight is 432 g/mol. The lowest BCUT2D eigenvalue weighted by Crippen LogP contribution is -2.04. The molecule has 0 amide bonds. The van der Waals surface area contributed by atoms with Gasteiger partial charge in [0.05, 0.1) is 17.3 Å². The van der Waals surface area contributed by atoms with E-state index in [4.69, 9.17) is 11.6 Å². The highest BCUT2D eigenvalue weighted by atomic mass is 35.5. The average Bonchev–Trinajstić information content (AvgIpc) is 3.37. The molecule has 7 heteroatoms. The first-order valence-corrected chi connectivity index (χ1v) is 10.9. The smallest absolute Gasteiger partial charge is 0.192 e. The molecule has 3 aromatic heterocycles. The Kier molecular flexibility index (Phi) is 5.26. The van der Waals surface area contributed by atoms with Crippen molar-refractivity contribution in [3.8, 4) is 11.4 Å². The Bertz CT molecular complexity index is 1260. The summed E-state index contributed by atoms with van der Waals surface area (Å²) in [6.45, 7) is 0.669. The Balaban J connectivity index is 1.48. The van der Waals surface area contributed by atoms with Gasteiger partial charge < -0.3 is 4.40 Å². The number of halogens is 1. The van der Waals surface area contributed by atoms with Crippen LogP contribution in [-0.2, 0) is 12.3 Å². The highest BCUT2D eigenvalue weighted by Crippen LogP contribution is 2.31. The van der Waals surface area contributed by atoms with E-state index in [1.807, 2.05) is 71.3 Å². The molecule has 0 spiro atoms. The number of benzene rings is 2. The lowest BCUT2D eigenvalue weighted by Gasteiger charge is -2.11. The van der Waals surface area contributed by atoms with Gasteiger partial charge in [-0.25, -0.2) is 4.98 Å². The Labute approximate surface area is 183 Å². The minimum absolute atomic E-state index is 0.663. The molecule has 5 aromatic rings. The number of rotatable bonds is 6. The van der Waals surface area contributed by atoms with Gasteiger partial charge in [-0.2, -0.15) is 0 Å². The van der Waals surface area contributed by atoms with Crippen molar-refractivity contribution in [3.05, 3.63) is 101 Å². The summed E-state index contributed by atoms with van der Waals surface area (Å²) < 4.78 is 4.15. The van der Waals surface area contributed by atoms with E-state index >= 15 is 0 Å². The summed E-state index contributed by atoms with van der Waals surface area (Å²) in [6.07, 6.45) is 4.05. The van der Waals surface area contributed by atoms with Crippen LogP contribution in [0.4, 0.5) is 0 Å². The van der Waals surface area contributed by atoms with Crippen LogP contribution in [0.25, 0.3) is 17.0 Å². The van der Waals surface area contributed by atoms with E-state index in [9.17, 15) is 0 Å². The zero-order valence-electron chi connectivity index (χ0n) is 16.0. The van der Waals surface area contributed by atoms with Crippen LogP contribution < -0.4 is 0 Å². The van der Waals surface area contributed by atoms with Gasteiger partial charge in [-0.15, -0.1) is 10.2 Å². The third-order valence-corrected chi connectivity index (χ3v) is 6.11. The molecule has 0 N–H and O–H groups in total. The molecule has 0 aliphatic heterocycles. The minimum Gasteiger partial charge on any atom is -0.307 e. The zero-order valence-corrected chi connectivity index (χ0v) is 17.6. The van der Waals surface area contributed by atoms with Crippen molar-refractivity contribution >= 4 is 29.0 Å². The number of hydrogen-bond donors (Lipinski definition) is 0. The number of pyridine rings is 1. The van der Waals surface area contributed by atoms with Crippen molar-refractivity contribution in [2.75, 3.05) is 0 Å². The molecular weight excluding hydrogens is 414 g/mol. The molecule has 0 saturated heterocycles. The summed E-state index contributed by atoms with van der Waals surface area (Å²) in [6, 6.07) is 24.0. The van der Waals surface area contributed by atoms with Crippen LogP contribution in [0.5, 0.6) is 0 Å². The predicted octanol–water partition coefficient (Wildman–Crippen LogP) is 5.59. The van der Waals surface area contributed by atoms with Crippen molar-refractivity contribution in [2.45, 2.75) is 17.5 Å². The Morgan fingerprint density at radius 1 is 0.867 bits per heavy atom. The maximum atomic E-state index is 6.46. The van der Waals surface area contributed by atoms with E-state index in [-0.39, 0.29) is 0 Å². The highest BCUT2D eigenvalue weighted by molar-refractivity contribution is 7.98. The fourth-order valence-corrected chi connectivity index (χ4v) is 4.38. The van der Waals surface area contributed by atoms with Crippen LogP contribution in [0.15, 0.2) is 90.3 Å². The second-order valence-corrected chi connectivity index (χ2v) is 8.19. The topological polar surface area (TPSA) is 48.0 Å².